The van der Waals surface area contributed by atoms with Crippen molar-refractivity contribution in [3.63, 3.8) is 0 Å². The maximum Gasteiger partial charge on any atom is 0.253 e. The summed E-state index contributed by atoms with van der Waals surface area (Å²) >= 11 is 0. The van der Waals surface area contributed by atoms with E-state index in [0.29, 0.717) is 19.1 Å². The van der Waals surface area contributed by atoms with Gasteiger partial charge in [-0.15, -0.1) is 6.42 Å². The molecule has 1 aromatic carbocycles. The highest BCUT2D eigenvalue weighted by atomic mass is 16.5. The van der Waals surface area contributed by atoms with E-state index in [1.807, 2.05) is 35.4 Å². The molecule has 0 radical (unpaired) electrons. The average molecular weight is 296 g/mol. The summed E-state index contributed by atoms with van der Waals surface area (Å²) in [4.78, 5) is 17.8. The van der Waals surface area contributed by atoms with Crippen LogP contribution in [0.5, 0.6) is 0 Å². The minimum absolute atomic E-state index is 0.0955. The number of hydrogen-bond acceptors (Lipinski definition) is 2. The number of amides is 1. The summed E-state index contributed by atoms with van der Waals surface area (Å²) in [6.07, 6.45) is 9.18. The number of hydrogen-bond donors (Lipinski definition) is 1. The molecule has 114 valence electrons. The first-order valence-corrected chi connectivity index (χ1v) is 7.65. The van der Waals surface area contributed by atoms with E-state index in [1.165, 1.54) is 0 Å². The minimum Gasteiger partial charge on any atom is -0.368 e. The lowest BCUT2D eigenvalue weighted by Gasteiger charge is -2.32. The summed E-state index contributed by atoms with van der Waals surface area (Å²) in [6.45, 7) is 2.52. The number of carbonyl (C=O) groups excluding carboxylic acids is 1. The first kappa shape index (κ1) is 14.7. The Hall–Kier alpha value is -2.25. The number of aromatic amines is 1. The van der Waals surface area contributed by atoms with Crippen molar-refractivity contribution < 1.29 is 9.53 Å². The highest BCUT2D eigenvalue weighted by Gasteiger charge is 2.24. The standard InChI is InChI=1S/C18H20N2O2/c1-2-10-22-13-14-4-3-9-20(12-14)18(21)16-6-5-15-7-8-19-17(15)11-16/h1,5-8,11,14,19H,3-4,9-10,12-13H2. The molecule has 1 N–H and O–H groups in total. The molecule has 2 aromatic rings. The Balaban J connectivity index is 1.67. The normalized spacial score (nSPS) is 18.3. The van der Waals surface area contributed by atoms with Gasteiger partial charge in [-0.25, -0.2) is 0 Å². The van der Waals surface area contributed by atoms with Gasteiger partial charge in [0.25, 0.3) is 5.91 Å². The number of carbonyl (C=O) groups is 1. The molecule has 1 aliphatic rings. The maximum atomic E-state index is 12.7. The second-order valence-corrected chi connectivity index (χ2v) is 5.76. The number of nitrogens with zero attached hydrogens (tertiary/aromatic N) is 1. The summed E-state index contributed by atoms with van der Waals surface area (Å²) in [6, 6.07) is 7.81. The molecule has 0 bridgehead atoms. The smallest absolute Gasteiger partial charge is 0.253 e. The highest BCUT2D eigenvalue weighted by molar-refractivity contribution is 5.98. The topological polar surface area (TPSA) is 45.3 Å². The molecule has 0 spiro atoms. The molecule has 1 aromatic heterocycles. The van der Waals surface area contributed by atoms with Crippen molar-refractivity contribution in [3.05, 3.63) is 36.0 Å². The molecule has 0 aliphatic carbocycles. The van der Waals surface area contributed by atoms with Crippen molar-refractivity contribution in [1.29, 1.82) is 0 Å². The number of rotatable bonds is 4. The Morgan fingerprint density at radius 1 is 1.45 bits per heavy atom. The number of terminal acetylenes is 1. The van der Waals surface area contributed by atoms with Gasteiger partial charge in [-0.1, -0.05) is 12.0 Å². The lowest BCUT2D eigenvalue weighted by atomic mass is 9.98. The van der Waals surface area contributed by atoms with Crippen molar-refractivity contribution in [2.45, 2.75) is 12.8 Å². The Kier molecular flexibility index (Phi) is 4.45. The van der Waals surface area contributed by atoms with E-state index >= 15 is 0 Å². The van der Waals surface area contributed by atoms with Gasteiger partial charge in [0.05, 0.1) is 6.61 Å². The fraction of sp³-hybridized carbons (Fsp3) is 0.389. The van der Waals surface area contributed by atoms with Crippen molar-refractivity contribution in [2.75, 3.05) is 26.3 Å². The third kappa shape index (κ3) is 3.15. The van der Waals surface area contributed by atoms with Crippen LogP contribution >= 0.6 is 0 Å². The first-order valence-electron chi connectivity index (χ1n) is 7.65. The number of benzene rings is 1. The molecule has 1 amide bonds. The number of aromatic nitrogens is 1. The first-order chi connectivity index (χ1) is 10.8. The molecule has 1 fully saturated rings. The predicted octanol–water partition coefficient (Wildman–Crippen LogP) is 2.67. The van der Waals surface area contributed by atoms with Crippen LogP contribution in [0.4, 0.5) is 0 Å². The van der Waals surface area contributed by atoms with Gasteiger partial charge in [0, 0.05) is 36.3 Å². The maximum absolute atomic E-state index is 12.7. The van der Waals surface area contributed by atoms with Gasteiger partial charge in [0.2, 0.25) is 0 Å². The third-order valence-corrected chi connectivity index (χ3v) is 4.15. The van der Waals surface area contributed by atoms with Gasteiger partial charge in [0.15, 0.2) is 0 Å². The van der Waals surface area contributed by atoms with E-state index in [2.05, 4.69) is 10.9 Å². The van der Waals surface area contributed by atoms with Crippen LogP contribution in [-0.4, -0.2) is 42.1 Å². The van der Waals surface area contributed by atoms with Crippen molar-refractivity contribution in [2.24, 2.45) is 5.92 Å². The SMILES string of the molecule is C#CCOCC1CCCN(C(=O)c2ccc3cc[nH]c3c2)C1. The van der Waals surface area contributed by atoms with Gasteiger partial charge in [-0.05, 0) is 36.4 Å². The van der Waals surface area contributed by atoms with Crippen LogP contribution < -0.4 is 0 Å². The molecule has 4 nitrogen and oxygen atoms in total. The fourth-order valence-corrected chi connectivity index (χ4v) is 3.03. The molecular weight excluding hydrogens is 276 g/mol. The Labute approximate surface area is 130 Å². The van der Waals surface area contributed by atoms with Gasteiger partial charge in [-0.3, -0.25) is 4.79 Å². The quantitative estimate of drug-likeness (QED) is 0.696. The van der Waals surface area contributed by atoms with E-state index in [0.717, 1.165) is 42.4 Å². The van der Waals surface area contributed by atoms with Crippen LogP contribution in [0.25, 0.3) is 10.9 Å². The zero-order valence-corrected chi connectivity index (χ0v) is 12.5. The second-order valence-electron chi connectivity index (χ2n) is 5.76. The molecule has 2 heterocycles. The number of ether oxygens (including phenoxy) is 1. The predicted molar refractivity (Wildman–Crippen MR) is 86.6 cm³/mol. The second kappa shape index (κ2) is 6.67. The Bertz CT molecular complexity index is 698. The van der Waals surface area contributed by atoms with Gasteiger partial charge < -0.3 is 14.6 Å². The molecule has 22 heavy (non-hydrogen) atoms. The van der Waals surface area contributed by atoms with Crippen molar-refractivity contribution in [1.82, 2.24) is 9.88 Å². The van der Waals surface area contributed by atoms with Crippen LogP contribution in [-0.2, 0) is 4.74 Å². The zero-order valence-electron chi connectivity index (χ0n) is 12.5. The number of fused-ring (bicyclic) bond motifs is 1. The summed E-state index contributed by atoms with van der Waals surface area (Å²) in [5.74, 6) is 2.95. The van der Waals surface area contributed by atoms with E-state index in [4.69, 9.17) is 11.2 Å². The van der Waals surface area contributed by atoms with Crippen LogP contribution in [0.1, 0.15) is 23.2 Å². The molecule has 1 atom stereocenters. The van der Waals surface area contributed by atoms with Crippen molar-refractivity contribution >= 4 is 16.8 Å². The summed E-state index contributed by atoms with van der Waals surface area (Å²) in [5.41, 5.74) is 1.73. The summed E-state index contributed by atoms with van der Waals surface area (Å²) in [5, 5.41) is 1.12. The largest absolute Gasteiger partial charge is 0.368 e. The molecule has 0 saturated carbocycles. The zero-order chi connectivity index (χ0) is 15.4. The number of nitrogens with one attached hydrogen (secondary N) is 1. The van der Waals surface area contributed by atoms with E-state index < -0.39 is 0 Å². The highest BCUT2D eigenvalue weighted by Crippen LogP contribution is 2.21. The number of likely N-dealkylation sites (tertiary alicyclic amines) is 1. The van der Waals surface area contributed by atoms with E-state index in [-0.39, 0.29) is 5.91 Å². The van der Waals surface area contributed by atoms with Crippen LogP contribution in [0.3, 0.4) is 0 Å². The fourth-order valence-electron chi connectivity index (χ4n) is 3.03. The summed E-state index contributed by atoms with van der Waals surface area (Å²) in [7, 11) is 0. The molecule has 4 heteroatoms. The van der Waals surface area contributed by atoms with Gasteiger partial charge in [-0.2, -0.15) is 0 Å². The van der Waals surface area contributed by atoms with Crippen molar-refractivity contribution in [3.8, 4) is 12.3 Å². The Morgan fingerprint density at radius 2 is 2.36 bits per heavy atom. The number of piperidine rings is 1. The van der Waals surface area contributed by atoms with E-state index in [9.17, 15) is 4.79 Å². The third-order valence-electron chi connectivity index (χ3n) is 4.15. The molecule has 1 saturated heterocycles. The van der Waals surface area contributed by atoms with Gasteiger partial charge in [0.1, 0.15) is 6.61 Å². The monoisotopic (exact) mass is 296 g/mol. The molecule has 1 unspecified atom stereocenters. The number of H-pyrrole nitrogens is 1. The van der Waals surface area contributed by atoms with Crippen LogP contribution in [0, 0.1) is 18.3 Å². The lowest BCUT2D eigenvalue weighted by Crippen LogP contribution is -2.41. The minimum atomic E-state index is 0.0955. The van der Waals surface area contributed by atoms with Crippen LogP contribution in [0.2, 0.25) is 0 Å². The van der Waals surface area contributed by atoms with E-state index in [1.54, 1.807) is 0 Å². The molecular formula is C18H20N2O2. The molecule has 1 aliphatic heterocycles. The average Bonchev–Trinajstić information content (AvgIpc) is 3.02. The molecule has 3 rings (SSSR count). The lowest BCUT2D eigenvalue weighted by molar-refractivity contribution is 0.0534. The Morgan fingerprint density at radius 3 is 3.23 bits per heavy atom. The van der Waals surface area contributed by atoms with Crippen LogP contribution in [0.15, 0.2) is 30.5 Å². The van der Waals surface area contributed by atoms with Gasteiger partial charge >= 0.3 is 0 Å². The summed E-state index contributed by atoms with van der Waals surface area (Å²) < 4.78 is 5.42.